The molecule has 0 radical (unpaired) electrons. The van der Waals surface area contributed by atoms with Crippen LogP contribution in [0.15, 0.2) is 66.7 Å². The Balaban J connectivity index is 2.04. The maximum Gasteiger partial charge on any atom is -0.00237 e. The van der Waals surface area contributed by atoms with E-state index in [0.29, 0.717) is 0 Å². The van der Waals surface area contributed by atoms with Crippen LogP contribution in [-0.2, 0) is 0 Å². The lowest BCUT2D eigenvalue weighted by molar-refractivity contribution is 1.51. The molecular formula is C21H14. The zero-order valence-corrected chi connectivity index (χ0v) is 11.9. The van der Waals surface area contributed by atoms with Gasteiger partial charge in [-0.25, -0.2) is 0 Å². The first-order valence-electron chi connectivity index (χ1n) is 7.39. The van der Waals surface area contributed by atoms with E-state index in [-0.39, 0.29) is 0 Å². The predicted molar refractivity (Wildman–Crippen MR) is 90.6 cm³/mol. The van der Waals surface area contributed by atoms with Crippen LogP contribution in [-0.4, -0.2) is 0 Å². The summed E-state index contributed by atoms with van der Waals surface area (Å²) in [7, 11) is 0. The first kappa shape index (κ1) is 11.1. The highest BCUT2D eigenvalue weighted by Gasteiger charge is 2.22. The minimum absolute atomic E-state index is 1.32. The Hall–Kier alpha value is -2.60. The first-order chi connectivity index (χ1) is 10.3. The monoisotopic (exact) mass is 266 g/mol. The molecule has 0 atom stereocenters. The van der Waals surface area contributed by atoms with Crippen LogP contribution in [0.5, 0.6) is 0 Å². The Labute approximate surface area is 123 Å². The molecule has 0 aliphatic heterocycles. The molecule has 0 aromatic heterocycles. The van der Waals surface area contributed by atoms with Crippen LogP contribution in [0.3, 0.4) is 0 Å². The molecule has 0 saturated carbocycles. The van der Waals surface area contributed by atoms with Crippen molar-refractivity contribution in [1.82, 2.24) is 0 Å². The van der Waals surface area contributed by atoms with Gasteiger partial charge in [-0.15, -0.1) is 0 Å². The lowest BCUT2D eigenvalue weighted by atomic mass is 9.97. The number of fused-ring (bicyclic) bond motifs is 4. The minimum Gasteiger partial charge on any atom is -0.0616 e. The van der Waals surface area contributed by atoms with Gasteiger partial charge in [-0.2, -0.15) is 0 Å². The predicted octanol–water partition coefficient (Wildman–Crippen LogP) is 5.95. The smallest absolute Gasteiger partial charge is 0.00237 e. The molecule has 4 aromatic carbocycles. The van der Waals surface area contributed by atoms with E-state index < -0.39 is 0 Å². The highest BCUT2D eigenvalue weighted by molar-refractivity contribution is 6.18. The second kappa shape index (κ2) is 3.73. The van der Waals surface area contributed by atoms with Gasteiger partial charge in [0.15, 0.2) is 0 Å². The van der Waals surface area contributed by atoms with E-state index in [9.17, 15) is 0 Å². The van der Waals surface area contributed by atoms with E-state index in [4.69, 9.17) is 0 Å². The molecular weight excluding hydrogens is 252 g/mol. The topological polar surface area (TPSA) is 0 Å². The van der Waals surface area contributed by atoms with Crippen molar-refractivity contribution in [2.75, 3.05) is 0 Å². The van der Waals surface area contributed by atoms with E-state index in [1.165, 1.54) is 49.4 Å². The number of aryl methyl sites for hydroxylation is 1. The van der Waals surface area contributed by atoms with Crippen LogP contribution >= 0.6 is 0 Å². The van der Waals surface area contributed by atoms with Gasteiger partial charge in [-0.05, 0) is 68.4 Å². The third-order valence-corrected chi connectivity index (χ3v) is 4.70. The number of hydrogen-bond donors (Lipinski definition) is 0. The van der Waals surface area contributed by atoms with Crippen molar-refractivity contribution in [3.05, 3.63) is 72.3 Å². The molecule has 5 rings (SSSR count). The summed E-state index contributed by atoms with van der Waals surface area (Å²) in [4.78, 5) is 0. The first-order valence-corrected chi connectivity index (χ1v) is 7.39. The van der Waals surface area contributed by atoms with Crippen LogP contribution in [0.1, 0.15) is 5.56 Å². The van der Waals surface area contributed by atoms with E-state index in [0.717, 1.165) is 0 Å². The molecule has 0 unspecified atom stereocenters. The summed E-state index contributed by atoms with van der Waals surface area (Å²) < 4.78 is 0. The standard InChI is InChI=1S/C21H14/c1-13-9-10-14-7-4-8-17-18-11-15-5-2-3-6-16(15)12-19(18)20(13)21(14)17/h2-12H,1H3. The molecule has 1 aliphatic rings. The Morgan fingerprint density at radius 2 is 1.29 bits per heavy atom. The molecule has 1 aliphatic carbocycles. The Bertz CT molecular complexity index is 1040. The summed E-state index contributed by atoms with van der Waals surface area (Å²) in [6.07, 6.45) is 0. The maximum absolute atomic E-state index is 2.35. The fraction of sp³-hybridized carbons (Fsp3) is 0.0476. The van der Waals surface area contributed by atoms with Gasteiger partial charge in [0.2, 0.25) is 0 Å². The number of hydrogen-bond acceptors (Lipinski definition) is 0. The van der Waals surface area contributed by atoms with E-state index in [1.807, 2.05) is 0 Å². The lowest BCUT2D eigenvalue weighted by Crippen LogP contribution is -1.82. The zero-order chi connectivity index (χ0) is 14.0. The molecule has 0 heteroatoms. The molecule has 0 spiro atoms. The fourth-order valence-corrected chi connectivity index (χ4v) is 3.72. The van der Waals surface area contributed by atoms with Crippen molar-refractivity contribution < 1.29 is 0 Å². The van der Waals surface area contributed by atoms with Crippen LogP contribution in [0.25, 0.3) is 43.8 Å². The van der Waals surface area contributed by atoms with Crippen molar-refractivity contribution in [3.8, 4) is 22.3 Å². The SMILES string of the molecule is Cc1ccc2cccc3c2c1-c1cc2ccccc2cc1-3. The summed E-state index contributed by atoms with van der Waals surface area (Å²) in [5, 5.41) is 5.40. The molecule has 0 amide bonds. The summed E-state index contributed by atoms with van der Waals surface area (Å²) >= 11 is 0. The molecule has 0 bridgehead atoms. The molecule has 0 N–H and O–H groups in total. The van der Waals surface area contributed by atoms with Gasteiger partial charge in [-0.3, -0.25) is 0 Å². The van der Waals surface area contributed by atoms with Gasteiger partial charge in [0.05, 0.1) is 0 Å². The molecule has 0 saturated heterocycles. The molecule has 0 heterocycles. The van der Waals surface area contributed by atoms with Crippen LogP contribution < -0.4 is 0 Å². The van der Waals surface area contributed by atoms with Gasteiger partial charge in [0.25, 0.3) is 0 Å². The second-order valence-corrected chi connectivity index (χ2v) is 5.91. The molecule has 98 valence electrons. The van der Waals surface area contributed by atoms with Gasteiger partial charge in [-0.1, -0.05) is 54.6 Å². The van der Waals surface area contributed by atoms with Crippen LogP contribution in [0.4, 0.5) is 0 Å². The molecule has 4 aromatic rings. The van der Waals surface area contributed by atoms with E-state index in [1.54, 1.807) is 0 Å². The average molecular weight is 266 g/mol. The average Bonchev–Trinajstić information content (AvgIpc) is 2.85. The third kappa shape index (κ3) is 1.34. The van der Waals surface area contributed by atoms with Crippen LogP contribution in [0.2, 0.25) is 0 Å². The highest BCUT2D eigenvalue weighted by atomic mass is 14.3. The summed E-state index contributed by atoms with van der Waals surface area (Å²) in [6.45, 7) is 2.22. The largest absolute Gasteiger partial charge is 0.0616 e. The van der Waals surface area contributed by atoms with Gasteiger partial charge in [0.1, 0.15) is 0 Å². The Kier molecular flexibility index (Phi) is 1.97. The molecule has 0 nitrogen and oxygen atoms in total. The van der Waals surface area contributed by atoms with Crippen molar-refractivity contribution in [1.29, 1.82) is 0 Å². The normalized spacial score (nSPS) is 12.0. The minimum atomic E-state index is 1.32. The molecule has 0 fully saturated rings. The Morgan fingerprint density at radius 3 is 2.10 bits per heavy atom. The Morgan fingerprint density at radius 1 is 0.571 bits per heavy atom. The summed E-state index contributed by atoms with van der Waals surface area (Å²) in [5.74, 6) is 0. The zero-order valence-electron chi connectivity index (χ0n) is 11.9. The summed E-state index contributed by atoms with van der Waals surface area (Å²) in [6, 6.07) is 24.5. The quantitative estimate of drug-likeness (QED) is 0.325. The van der Waals surface area contributed by atoms with E-state index >= 15 is 0 Å². The number of rotatable bonds is 0. The van der Waals surface area contributed by atoms with Crippen molar-refractivity contribution in [3.63, 3.8) is 0 Å². The molecule has 21 heavy (non-hydrogen) atoms. The second-order valence-electron chi connectivity index (χ2n) is 5.91. The van der Waals surface area contributed by atoms with Crippen molar-refractivity contribution in [2.24, 2.45) is 0 Å². The van der Waals surface area contributed by atoms with Gasteiger partial charge < -0.3 is 0 Å². The highest BCUT2D eigenvalue weighted by Crippen LogP contribution is 2.49. The van der Waals surface area contributed by atoms with Gasteiger partial charge in [0, 0.05) is 0 Å². The fourth-order valence-electron chi connectivity index (χ4n) is 3.72. The van der Waals surface area contributed by atoms with Gasteiger partial charge >= 0.3 is 0 Å². The maximum atomic E-state index is 2.35. The number of benzene rings is 4. The third-order valence-electron chi connectivity index (χ3n) is 4.70. The lowest BCUT2D eigenvalue weighted by Gasteiger charge is -2.07. The summed E-state index contributed by atoms with van der Waals surface area (Å²) in [5.41, 5.74) is 6.93. The van der Waals surface area contributed by atoms with E-state index in [2.05, 4.69) is 73.7 Å². The van der Waals surface area contributed by atoms with Crippen molar-refractivity contribution >= 4 is 21.5 Å². The van der Waals surface area contributed by atoms with Crippen LogP contribution in [0, 0.1) is 6.92 Å². The van der Waals surface area contributed by atoms with Crippen molar-refractivity contribution in [2.45, 2.75) is 6.92 Å².